The fourth-order valence-corrected chi connectivity index (χ4v) is 2.47. The summed E-state index contributed by atoms with van der Waals surface area (Å²) in [5, 5.41) is 4.01. The van der Waals surface area contributed by atoms with E-state index in [4.69, 9.17) is 0 Å². The number of nitrogens with one attached hydrogen (secondary N) is 2. The number of carbonyl (C=O) groups is 1. The molecule has 1 amide bonds. The minimum Gasteiger partial charge on any atom is -0.361 e. The van der Waals surface area contributed by atoms with E-state index in [0.29, 0.717) is 6.54 Å². The van der Waals surface area contributed by atoms with Gasteiger partial charge in [-0.3, -0.25) is 4.79 Å². The maximum atomic E-state index is 10.4. The lowest BCUT2D eigenvalue weighted by molar-refractivity contribution is -0.109. The first-order valence-corrected chi connectivity index (χ1v) is 7.21. The number of hydrogen-bond acceptors (Lipinski definition) is 1. The van der Waals surface area contributed by atoms with Crippen LogP contribution in [0.25, 0.3) is 17.0 Å². The molecule has 0 aliphatic carbocycles. The van der Waals surface area contributed by atoms with Gasteiger partial charge in [-0.15, -0.1) is 0 Å². The molecule has 2 aromatic rings. The molecule has 0 fully saturated rings. The van der Waals surface area contributed by atoms with E-state index in [0.717, 1.165) is 31.2 Å². The number of rotatable bonds is 7. The quantitative estimate of drug-likeness (QED) is 0.586. The Balaban J connectivity index is 2.39. The summed E-state index contributed by atoms with van der Waals surface area (Å²) in [7, 11) is 0. The Bertz CT molecular complexity index is 611. The summed E-state index contributed by atoms with van der Waals surface area (Å²) in [6.45, 7) is 5.00. The van der Waals surface area contributed by atoms with Crippen LogP contribution >= 0.6 is 0 Å². The Morgan fingerprint density at radius 2 is 2.20 bits per heavy atom. The molecule has 0 spiro atoms. The first-order chi connectivity index (χ1) is 9.77. The molecular weight excluding hydrogens is 248 g/mol. The van der Waals surface area contributed by atoms with E-state index in [1.807, 2.05) is 6.20 Å². The largest absolute Gasteiger partial charge is 0.361 e. The van der Waals surface area contributed by atoms with E-state index in [2.05, 4.69) is 48.4 Å². The van der Waals surface area contributed by atoms with Crippen molar-refractivity contribution in [1.82, 2.24) is 10.3 Å². The van der Waals surface area contributed by atoms with Crippen molar-refractivity contribution in [2.24, 2.45) is 0 Å². The maximum Gasteiger partial charge on any atom is 0.207 e. The molecule has 3 heteroatoms. The number of aromatic nitrogens is 1. The van der Waals surface area contributed by atoms with Crippen LogP contribution in [0.15, 0.2) is 24.4 Å². The van der Waals surface area contributed by atoms with E-state index >= 15 is 0 Å². The summed E-state index contributed by atoms with van der Waals surface area (Å²) in [6, 6.07) is 4.27. The fourth-order valence-electron chi connectivity index (χ4n) is 2.47. The van der Waals surface area contributed by atoms with Crippen molar-refractivity contribution in [3.8, 4) is 0 Å². The molecule has 0 saturated carbocycles. The molecule has 106 valence electrons. The zero-order chi connectivity index (χ0) is 14.4. The second-order valence-corrected chi connectivity index (χ2v) is 5.05. The minimum atomic E-state index is 0.669. The van der Waals surface area contributed by atoms with Gasteiger partial charge in [0.1, 0.15) is 0 Å². The molecule has 20 heavy (non-hydrogen) atoms. The van der Waals surface area contributed by atoms with Crippen molar-refractivity contribution < 1.29 is 4.79 Å². The van der Waals surface area contributed by atoms with Crippen LogP contribution in [0.5, 0.6) is 0 Å². The van der Waals surface area contributed by atoms with Crippen LogP contribution in [0, 0.1) is 6.92 Å². The third-order valence-corrected chi connectivity index (χ3v) is 3.55. The number of aryl methyl sites for hydroxylation is 1. The van der Waals surface area contributed by atoms with Gasteiger partial charge in [0.2, 0.25) is 6.41 Å². The molecule has 0 aliphatic heterocycles. The summed E-state index contributed by atoms with van der Waals surface area (Å²) < 4.78 is 0. The molecule has 0 radical (unpaired) electrons. The van der Waals surface area contributed by atoms with Gasteiger partial charge in [0.05, 0.1) is 0 Å². The number of benzene rings is 1. The van der Waals surface area contributed by atoms with Gasteiger partial charge in [0.15, 0.2) is 0 Å². The van der Waals surface area contributed by atoms with E-state index in [1.54, 1.807) is 0 Å². The zero-order valence-electron chi connectivity index (χ0n) is 12.2. The fraction of sp³-hybridized carbons (Fsp3) is 0.353. The number of allylic oxidation sites excluding steroid dienone is 1. The summed E-state index contributed by atoms with van der Waals surface area (Å²) in [5.41, 5.74) is 4.99. The number of fused-ring (bicyclic) bond motifs is 1. The van der Waals surface area contributed by atoms with Crippen LogP contribution < -0.4 is 5.32 Å². The molecule has 1 aromatic heterocycles. The van der Waals surface area contributed by atoms with Gasteiger partial charge in [-0.05, 0) is 42.5 Å². The predicted molar refractivity (Wildman–Crippen MR) is 84.7 cm³/mol. The topological polar surface area (TPSA) is 44.9 Å². The molecular formula is C17H22N2O. The monoisotopic (exact) mass is 270 g/mol. The highest BCUT2D eigenvalue weighted by molar-refractivity contribution is 5.93. The average Bonchev–Trinajstić information content (AvgIpc) is 2.85. The zero-order valence-corrected chi connectivity index (χ0v) is 12.2. The predicted octanol–water partition coefficient (Wildman–Crippen LogP) is 3.58. The van der Waals surface area contributed by atoms with E-state index in [-0.39, 0.29) is 0 Å². The number of carbonyl (C=O) groups excluding carboxylic acids is 1. The van der Waals surface area contributed by atoms with Gasteiger partial charge in [-0.2, -0.15) is 0 Å². The van der Waals surface area contributed by atoms with Crippen molar-refractivity contribution in [3.05, 3.63) is 41.1 Å². The van der Waals surface area contributed by atoms with Crippen LogP contribution in [0.1, 0.15) is 36.5 Å². The lowest BCUT2D eigenvalue weighted by atomic mass is 9.99. The Morgan fingerprint density at radius 1 is 1.35 bits per heavy atom. The van der Waals surface area contributed by atoms with E-state index < -0.39 is 0 Å². The van der Waals surface area contributed by atoms with Gasteiger partial charge < -0.3 is 10.3 Å². The lowest BCUT2D eigenvalue weighted by Gasteiger charge is -2.06. The molecule has 3 nitrogen and oxygen atoms in total. The van der Waals surface area contributed by atoms with Crippen molar-refractivity contribution in [3.63, 3.8) is 0 Å². The molecule has 2 N–H and O–H groups in total. The van der Waals surface area contributed by atoms with Crippen LogP contribution in [-0.2, 0) is 11.2 Å². The van der Waals surface area contributed by atoms with Crippen molar-refractivity contribution >= 4 is 23.4 Å². The summed E-state index contributed by atoms with van der Waals surface area (Å²) in [4.78, 5) is 13.7. The average molecular weight is 270 g/mol. The van der Waals surface area contributed by atoms with E-state index in [1.165, 1.54) is 22.1 Å². The van der Waals surface area contributed by atoms with E-state index in [9.17, 15) is 4.79 Å². The maximum absolute atomic E-state index is 10.4. The molecule has 1 heterocycles. The normalized spacial score (nSPS) is 11.3. The standard InChI is InChI=1S/C17H22N2O/c1-3-4-5-6-15-13(2)7-8-16-17(15)14(11-19-16)9-10-18-12-20/h5-8,11-12,19H,3-4,9-10H2,1-2H3,(H,18,20)/b6-5-. The number of aromatic amines is 1. The van der Waals surface area contributed by atoms with Crippen LogP contribution in [0.2, 0.25) is 0 Å². The number of H-pyrrole nitrogens is 1. The van der Waals surface area contributed by atoms with Crippen molar-refractivity contribution in [1.29, 1.82) is 0 Å². The SMILES string of the molecule is CCC/C=C\c1c(C)ccc2[nH]cc(CCNC=O)c12. The molecule has 0 unspecified atom stereocenters. The second-order valence-electron chi connectivity index (χ2n) is 5.05. The van der Waals surface area contributed by atoms with Gasteiger partial charge in [0, 0.05) is 23.6 Å². The highest BCUT2D eigenvalue weighted by Crippen LogP contribution is 2.27. The Labute approximate surface area is 120 Å². The van der Waals surface area contributed by atoms with Gasteiger partial charge in [0.25, 0.3) is 0 Å². The minimum absolute atomic E-state index is 0.669. The smallest absolute Gasteiger partial charge is 0.207 e. The first kappa shape index (κ1) is 14.4. The van der Waals surface area contributed by atoms with Crippen molar-refractivity contribution in [2.45, 2.75) is 33.1 Å². The second kappa shape index (κ2) is 6.94. The molecule has 2 rings (SSSR count). The Kier molecular flexibility index (Phi) is 4.99. The molecule has 1 aromatic carbocycles. The number of unbranched alkanes of at least 4 members (excludes halogenated alkanes) is 1. The highest BCUT2D eigenvalue weighted by atomic mass is 16.1. The highest BCUT2D eigenvalue weighted by Gasteiger charge is 2.09. The summed E-state index contributed by atoms with van der Waals surface area (Å²) >= 11 is 0. The summed E-state index contributed by atoms with van der Waals surface area (Å²) in [5.74, 6) is 0. The molecule has 0 bridgehead atoms. The number of amides is 1. The third-order valence-electron chi connectivity index (χ3n) is 3.55. The Hall–Kier alpha value is -2.03. The third kappa shape index (κ3) is 3.10. The first-order valence-electron chi connectivity index (χ1n) is 7.21. The van der Waals surface area contributed by atoms with Gasteiger partial charge >= 0.3 is 0 Å². The van der Waals surface area contributed by atoms with Gasteiger partial charge in [-0.25, -0.2) is 0 Å². The van der Waals surface area contributed by atoms with Crippen LogP contribution in [-0.4, -0.2) is 17.9 Å². The molecule has 0 aliphatic rings. The van der Waals surface area contributed by atoms with Crippen molar-refractivity contribution in [2.75, 3.05) is 6.54 Å². The molecule has 0 saturated heterocycles. The van der Waals surface area contributed by atoms with Crippen LogP contribution in [0.4, 0.5) is 0 Å². The van der Waals surface area contributed by atoms with Crippen LogP contribution in [0.3, 0.4) is 0 Å². The van der Waals surface area contributed by atoms with Gasteiger partial charge in [-0.1, -0.05) is 31.6 Å². The summed E-state index contributed by atoms with van der Waals surface area (Å²) in [6.07, 6.45) is 10.4. The molecule has 0 atom stereocenters. The Morgan fingerprint density at radius 3 is 2.95 bits per heavy atom. The number of hydrogen-bond donors (Lipinski definition) is 2. The lowest BCUT2D eigenvalue weighted by Crippen LogP contribution is -2.14.